The Bertz CT molecular complexity index is 556. The second-order valence-corrected chi connectivity index (χ2v) is 6.66. The zero-order valence-corrected chi connectivity index (χ0v) is 12.5. The zero-order valence-electron chi connectivity index (χ0n) is 10.1. The van der Waals surface area contributed by atoms with Crippen molar-refractivity contribution in [3.8, 4) is 0 Å². The second kappa shape index (κ2) is 5.81. The van der Waals surface area contributed by atoms with E-state index in [2.05, 4.69) is 15.9 Å². The Morgan fingerprint density at radius 3 is 2.61 bits per heavy atom. The van der Waals surface area contributed by atoms with Gasteiger partial charge >= 0.3 is 5.97 Å². The van der Waals surface area contributed by atoms with Gasteiger partial charge in [-0.25, -0.2) is 12.7 Å². The molecule has 0 aliphatic rings. The van der Waals surface area contributed by atoms with Gasteiger partial charge in [-0.2, -0.15) is 0 Å². The van der Waals surface area contributed by atoms with E-state index in [1.807, 2.05) is 0 Å². The molecule has 100 valence electrons. The van der Waals surface area contributed by atoms with Crippen LogP contribution in [0, 0.1) is 6.92 Å². The summed E-state index contributed by atoms with van der Waals surface area (Å²) in [5.41, 5.74) is 0.808. The number of sulfonamides is 1. The second-order valence-electron chi connectivity index (χ2n) is 3.86. The first-order valence-corrected chi connectivity index (χ1v) is 7.43. The van der Waals surface area contributed by atoms with Crippen molar-refractivity contribution in [3.05, 3.63) is 28.2 Å². The maximum Gasteiger partial charge on any atom is 0.304 e. The van der Waals surface area contributed by atoms with Crippen LogP contribution in [-0.4, -0.2) is 37.4 Å². The molecule has 0 saturated heterocycles. The van der Waals surface area contributed by atoms with Crippen LogP contribution in [0.25, 0.3) is 0 Å². The Kier molecular flexibility index (Phi) is 4.89. The molecule has 0 bridgehead atoms. The minimum absolute atomic E-state index is 0.0575. The largest absolute Gasteiger partial charge is 0.481 e. The number of halogens is 1. The molecule has 0 aliphatic heterocycles. The third-order valence-electron chi connectivity index (χ3n) is 2.49. The van der Waals surface area contributed by atoms with Gasteiger partial charge in [0, 0.05) is 18.1 Å². The van der Waals surface area contributed by atoms with E-state index in [0.717, 1.165) is 9.87 Å². The molecule has 7 heteroatoms. The van der Waals surface area contributed by atoms with E-state index >= 15 is 0 Å². The molecule has 0 amide bonds. The van der Waals surface area contributed by atoms with Crippen molar-refractivity contribution in [3.63, 3.8) is 0 Å². The van der Waals surface area contributed by atoms with Crippen LogP contribution < -0.4 is 0 Å². The average molecular weight is 336 g/mol. The number of carboxylic acid groups (broad SMARTS) is 1. The highest BCUT2D eigenvalue weighted by Crippen LogP contribution is 2.27. The van der Waals surface area contributed by atoms with E-state index in [1.54, 1.807) is 19.1 Å². The summed E-state index contributed by atoms with van der Waals surface area (Å²) in [5.74, 6) is -1.03. The number of benzene rings is 1. The molecule has 5 nitrogen and oxygen atoms in total. The number of carboxylic acids is 1. The van der Waals surface area contributed by atoms with Crippen molar-refractivity contribution >= 4 is 31.9 Å². The molecule has 0 radical (unpaired) electrons. The van der Waals surface area contributed by atoms with Gasteiger partial charge in [0.2, 0.25) is 10.0 Å². The number of aliphatic carboxylic acids is 1. The van der Waals surface area contributed by atoms with Crippen LogP contribution in [0.4, 0.5) is 0 Å². The first-order valence-electron chi connectivity index (χ1n) is 5.20. The van der Waals surface area contributed by atoms with Crippen LogP contribution in [-0.2, 0) is 14.8 Å². The molecule has 0 heterocycles. The normalized spacial score (nSPS) is 11.8. The SMILES string of the molecule is Cc1cccc(S(=O)(=O)N(C)CCC(=O)O)c1Br. The standard InChI is InChI=1S/C11H14BrNO4S/c1-8-4-3-5-9(11(8)12)18(16,17)13(2)7-6-10(14)15/h3-5H,6-7H2,1-2H3,(H,14,15). The molecule has 0 aliphatic carbocycles. The van der Waals surface area contributed by atoms with Crippen molar-refractivity contribution in [2.45, 2.75) is 18.2 Å². The molecular formula is C11H14BrNO4S. The minimum Gasteiger partial charge on any atom is -0.481 e. The highest BCUT2D eigenvalue weighted by Gasteiger charge is 2.24. The van der Waals surface area contributed by atoms with Crippen molar-refractivity contribution in [2.75, 3.05) is 13.6 Å². The predicted molar refractivity (Wildman–Crippen MR) is 70.9 cm³/mol. The molecule has 1 rings (SSSR count). The Balaban J connectivity index is 3.06. The van der Waals surface area contributed by atoms with Crippen LogP contribution in [0.1, 0.15) is 12.0 Å². The molecule has 18 heavy (non-hydrogen) atoms. The van der Waals surface area contributed by atoms with Crippen molar-refractivity contribution in [1.82, 2.24) is 4.31 Å². The van der Waals surface area contributed by atoms with Gasteiger partial charge < -0.3 is 5.11 Å². The van der Waals surface area contributed by atoms with Gasteiger partial charge in [-0.05, 0) is 34.5 Å². The summed E-state index contributed by atoms with van der Waals surface area (Å²) < 4.78 is 26.0. The number of hydrogen-bond acceptors (Lipinski definition) is 3. The first-order chi connectivity index (χ1) is 8.26. The Labute approximate surface area is 115 Å². The number of hydrogen-bond donors (Lipinski definition) is 1. The van der Waals surface area contributed by atoms with Crippen LogP contribution in [0.2, 0.25) is 0 Å². The van der Waals surface area contributed by atoms with Gasteiger partial charge in [-0.15, -0.1) is 0 Å². The lowest BCUT2D eigenvalue weighted by Crippen LogP contribution is -2.29. The van der Waals surface area contributed by atoms with Crippen LogP contribution in [0.5, 0.6) is 0 Å². The summed E-state index contributed by atoms with van der Waals surface area (Å²) in [6.45, 7) is 1.73. The van der Waals surface area contributed by atoms with E-state index in [0.29, 0.717) is 4.47 Å². The molecule has 0 fully saturated rings. The summed E-state index contributed by atoms with van der Waals surface area (Å²) in [4.78, 5) is 10.6. The molecule has 0 atom stereocenters. The van der Waals surface area contributed by atoms with Gasteiger partial charge in [0.1, 0.15) is 0 Å². The lowest BCUT2D eigenvalue weighted by atomic mass is 10.2. The summed E-state index contributed by atoms with van der Waals surface area (Å²) in [7, 11) is -2.30. The molecule has 0 saturated carbocycles. The monoisotopic (exact) mass is 335 g/mol. The molecular weight excluding hydrogens is 322 g/mol. The van der Waals surface area contributed by atoms with E-state index < -0.39 is 16.0 Å². The highest BCUT2D eigenvalue weighted by molar-refractivity contribution is 9.10. The quantitative estimate of drug-likeness (QED) is 0.891. The summed E-state index contributed by atoms with van der Waals surface area (Å²) in [6, 6.07) is 4.93. The van der Waals surface area contributed by atoms with Crippen molar-refractivity contribution < 1.29 is 18.3 Å². The van der Waals surface area contributed by atoms with Crippen LogP contribution in [0.15, 0.2) is 27.6 Å². The van der Waals surface area contributed by atoms with Gasteiger partial charge in [-0.3, -0.25) is 4.79 Å². The fourth-order valence-corrected chi connectivity index (χ4v) is 3.54. The van der Waals surface area contributed by atoms with Crippen molar-refractivity contribution in [1.29, 1.82) is 0 Å². The summed E-state index contributed by atoms with van der Waals surface area (Å²) in [5, 5.41) is 8.57. The Morgan fingerprint density at radius 1 is 1.44 bits per heavy atom. The third kappa shape index (κ3) is 3.30. The smallest absolute Gasteiger partial charge is 0.304 e. The van der Waals surface area contributed by atoms with Crippen LogP contribution >= 0.6 is 15.9 Å². The lowest BCUT2D eigenvalue weighted by molar-refractivity contribution is -0.137. The zero-order chi connectivity index (χ0) is 13.9. The fourth-order valence-electron chi connectivity index (χ4n) is 1.36. The highest BCUT2D eigenvalue weighted by atomic mass is 79.9. The molecule has 0 aromatic heterocycles. The van der Waals surface area contributed by atoms with Gasteiger partial charge in [-0.1, -0.05) is 12.1 Å². The number of aryl methyl sites for hydroxylation is 1. The lowest BCUT2D eigenvalue weighted by Gasteiger charge is -2.17. The number of carbonyl (C=O) groups is 1. The molecule has 1 N–H and O–H groups in total. The van der Waals surface area contributed by atoms with Crippen LogP contribution in [0.3, 0.4) is 0 Å². The number of nitrogens with zero attached hydrogens (tertiary/aromatic N) is 1. The first kappa shape index (κ1) is 15.1. The topological polar surface area (TPSA) is 74.7 Å². The van der Waals surface area contributed by atoms with E-state index in [9.17, 15) is 13.2 Å². The minimum atomic E-state index is -3.66. The van der Waals surface area contributed by atoms with E-state index in [-0.39, 0.29) is 17.9 Å². The maximum absolute atomic E-state index is 12.2. The molecule has 0 spiro atoms. The Morgan fingerprint density at radius 2 is 2.06 bits per heavy atom. The molecule has 1 aromatic carbocycles. The van der Waals surface area contributed by atoms with E-state index in [4.69, 9.17) is 5.11 Å². The maximum atomic E-state index is 12.2. The third-order valence-corrected chi connectivity index (χ3v) is 5.70. The average Bonchev–Trinajstić information content (AvgIpc) is 2.29. The fraction of sp³-hybridized carbons (Fsp3) is 0.364. The summed E-state index contributed by atoms with van der Waals surface area (Å²) in [6.07, 6.45) is -0.223. The Hall–Kier alpha value is -0.920. The summed E-state index contributed by atoms with van der Waals surface area (Å²) >= 11 is 3.24. The predicted octanol–water partition coefficient (Wildman–Crippen LogP) is 1.85. The van der Waals surface area contributed by atoms with Gasteiger partial charge in [0.25, 0.3) is 0 Å². The van der Waals surface area contributed by atoms with Gasteiger partial charge in [0.15, 0.2) is 0 Å². The molecule has 1 aromatic rings. The van der Waals surface area contributed by atoms with Crippen molar-refractivity contribution in [2.24, 2.45) is 0 Å². The van der Waals surface area contributed by atoms with Gasteiger partial charge in [0.05, 0.1) is 11.3 Å². The molecule has 0 unspecified atom stereocenters. The number of rotatable bonds is 5. The van der Waals surface area contributed by atoms with E-state index in [1.165, 1.54) is 13.1 Å².